The molecule has 2 aromatic rings. The van der Waals surface area contributed by atoms with Gasteiger partial charge >= 0.3 is 6.09 Å². The van der Waals surface area contributed by atoms with Crippen LogP contribution < -0.4 is 10.4 Å². The monoisotopic (exact) mass is 679 g/mol. The molecule has 6 nitrogen and oxygen atoms in total. The Morgan fingerprint density at radius 1 is 0.917 bits per heavy atom. The zero-order valence-corrected chi connectivity index (χ0v) is 32.5. The lowest BCUT2D eigenvalue weighted by molar-refractivity contribution is -0.143. The molecule has 0 spiro atoms. The van der Waals surface area contributed by atoms with Crippen LogP contribution in [0.1, 0.15) is 120 Å². The molecule has 6 atom stereocenters. The summed E-state index contributed by atoms with van der Waals surface area (Å²) in [6, 6.07) is 22.2. The summed E-state index contributed by atoms with van der Waals surface area (Å²) in [5, 5.41) is 2.67. The van der Waals surface area contributed by atoms with E-state index in [-0.39, 0.29) is 42.2 Å². The van der Waals surface area contributed by atoms with E-state index >= 15 is 0 Å². The average Bonchev–Trinajstić information content (AvgIpc) is 3.04. The van der Waals surface area contributed by atoms with Gasteiger partial charge in [0.2, 0.25) is 0 Å². The second-order valence-corrected chi connectivity index (χ2v) is 20.6. The van der Waals surface area contributed by atoms with E-state index in [1.807, 2.05) is 25.7 Å². The maximum Gasteiger partial charge on any atom is 0.410 e. The minimum absolute atomic E-state index is 0.0294. The quantitative estimate of drug-likeness (QED) is 0.113. The van der Waals surface area contributed by atoms with Crippen LogP contribution >= 0.6 is 0 Å². The van der Waals surface area contributed by atoms with E-state index in [0.717, 1.165) is 44.9 Å². The third kappa shape index (κ3) is 9.32. The van der Waals surface area contributed by atoms with Crippen molar-refractivity contribution < 1.29 is 23.4 Å². The molecule has 0 N–H and O–H groups in total. The standard InChI is InChI=1S/C41H65NO5Si/c1-10-20-33(47-48(41(6,7)8,34-24-13-11-14-25-34)35-26-15-12-16-27-35)23-18-17-21-32-22-19-28-37-36(32)29-38(45-30-44-9)31(2)42(37)39(43)46-40(3,4)5/h11-16,24-27,31-33,36-38H,10,17-23,28-30H2,1-9H3/t31-,32-,33+,36-,37+,38+/m0/s1. The van der Waals surface area contributed by atoms with Gasteiger partial charge in [-0.3, -0.25) is 4.90 Å². The van der Waals surface area contributed by atoms with Crippen molar-refractivity contribution in [1.29, 1.82) is 0 Å². The van der Waals surface area contributed by atoms with Crippen molar-refractivity contribution >= 4 is 24.8 Å². The third-order valence-corrected chi connectivity index (χ3v) is 15.8. The lowest BCUT2D eigenvalue weighted by Gasteiger charge is -2.53. The van der Waals surface area contributed by atoms with Crippen molar-refractivity contribution in [3.8, 4) is 0 Å². The van der Waals surface area contributed by atoms with Crippen LogP contribution in [0.15, 0.2) is 60.7 Å². The van der Waals surface area contributed by atoms with E-state index in [2.05, 4.69) is 95.3 Å². The highest BCUT2D eigenvalue weighted by atomic mass is 28.4. The molecule has 4 rings (SSSR count). The van der Waals surface area contributed by atoms with Crippen LogP contribution in [-0.2, 0) is 18.6 Å². The second-order valence-electron chi connectivity index (χ2n) is 16.4. The number of rotatable bonds is 14. The van der Waals surface area contributed by atoms with Gasteiger partial charge in [-0.05, 0) is 80.6 Å². The van der Waals surface area contributed by atoms with Gasteiger partial charge in [0, 0.05) is 19.3 Å². The smallest absolute Gasteiger partial charge is 0.410 e. The molecule has 2 aliphatic rings. The maximum absolute atomic E-state index is 13.6. The number of amides is 1. The van der Waals surface area contributed by atoms with Gasteiger partial charge in [0.1, 0.15) is 12.4 Å². The molecule has 0 bridgehead atoms. The Bertz CT molecular complexity index is 1200. The van der Waals surface area contributed by atoms with Crippen LogP contribution in [0.2, 0.25) is 5.04 Å². The average molecular weight is 680 g/mol. The molecule has 0 aromatic heterocycles. The molecule has 2 aromatic carbocycles. The number of unbranched alkanes of at least 4 members (excludes halogenated alkanes) is 1. The predicted molar refractivity (Wildman–Crippen MR) is 199 cm³/mol. The van der Waals surface area contributed by atoms with Gasteiger partial charge in [0.25, 0.3) is 8.32 Å². The minimum Gasteiger partial charge on any atom is -0.444 e. The minimum atomic E-state index is -2.60. The van der Waals surface area contributed by atoms with Crippen molar-refractivity contribution in [1.82, 2.24) is 4.90 Å². The fourth-order valence-electron chi connectivity index (χ4n) is 8.61. The number of likely N-dealkylation sites (tertiary alicyclic amines) is 1. The molecule has 7 heteroatoms. The van der Waals surface area contributed by atoms with Crippen molar-refractivity contribution in [2.75, 3.05) is 13.9 Å². The first kappa shape index (κ1) is 38.6. The molecule has 1 saturated carbocycles. The number of benzene rings is 2. The first-order chi connectivity index (χ1) is 22.8. The number of ether oxygens (including phenoxy) is 3. The molecular weight excluding hydrogens is 615 g/mol. The summed E-state index contributed by atoms with van der Waals surface area (Å²) < 4.78 is 25.0. The highest BCUT2D eigenvalue weighted by Gasteiger charge is 2.52. The molecule has 48 heavy (non-hydrogen) atoms. The Morgan fingerprint density at radius 3 is 2.08 bits per heavy atom. The summed E-state index contributed by atoms with van der Waals surface area (Å²) in [7, 11) is -0.939. The van der Waals surface area contributed by atoms with E-state index in [9.17, 15) is 4.79 Å². The van der Waals surface area contributed by atoms with Crippen LogP contribution in [0.3, 0.4) is 0 Å². The van der Waals surface area contributed by atoms with E-state index < -0.39 is 13.9 Å². The van der Waals surface area contributed by atoms with Crippen molar-refractivity contribution in [3.63, 3.8) is 0 Å². The van der Waals surface area contributed by atoms with Gasteiger partial charge in [-0.1, -0.05) is 127 Å². The van der Waals surface area contributed by atoms with Gasteiger partial charge in [0.15, 0.2) is 0 Å². The van der Waals surface area contributed by atoms with Crippen LogP contribution in [-0.4, -0.2) is 63.1 Å². The molecule has 268 valence electrons. The molecule has 2 fully saturated rings. The van der Waals surface area contributed by atoms with Crippen molar-refractivity contribution in [2.45, 2.75) is 155 Å². The van der Waals surface area contributed by atoms with Crippen LogP contribution in [0.25, 0.3) is 0 Å². The largest absolute Gasteiger partial charge is 0.444 e. The fraction of sp³-hybridized carbons (Fsp3) is 0.683. The van der Waals surface area contributed by atoms with Gasteiger partial charge in [-0.2, -0.15) is 0 Å². The number of fused-ring (bicyclic) bond motifs is 1. The molecule has 0 unspecified atom stereocenters. The molecule has 1 aliphatic heterocycles. The summed E-state index contributed by atoms with van der Waals surface area (Å²) in [6.07, 6.45) is 11.0. The van der Waals surface area contributed by atoms with Gasteiger partial charge in [0.05, 0.1) is 12.1 Å². The summed E-state index contributed by atoms with van der Waals surface area (Å²) in [5.41, 5.74) is -0.535. The molecule has 1 amide bonds. The first-order valence-electron chi connectivity index (χ1n) is 18.7. The lowest BCUT2D eigenvalue weighted by Crippen LogP contribution is -2.67. The SMILES string of the molecule is CCC[C@H](CCCC[C@H]1CCC[C@@H]2[C@H]1C[C@@H](OCOC)[C@H](C)N2C(=O)OC(C)(C)C)O[Si](c1ccccc1)(c1ccccc1)C(C)(C)C. The zero-order chi connectivity index (χ0) is 35.0. The Labute approximate surface area is 293 Å². The summed E-state index contributed by atoms with van der Waals surface area (Å²) in [5.74, 6) is 0.973. The van der Waals surface area contributed by atoms with E-state index in [1.54, 1.807) is 7.11 Å². The first-order valence-corrected chi connectivity index (χ1v) is 20.6. The van der Waals surface area contributed by atoms with E-state index in [4.69, 9.17) is 18.6 Å². The number of hydrogen-bond acceptors (Lipinski definition) is 5. The number of methoxy groups -OCH3 is 1. The molecule has 1 saturated heterocycles. The molecule has 0 radical (unpaired) electrons. The van der Waals surface area contributed by atoms with Crippen molar-refractivity contribution in [2.24, 2.45) is 11.8 Å². The number of nitrogens with zero attached hydrogens (tertiary/aromatic N) is 1. The normalized spacial score (nSPS) is 24.2. The van der Waals surface area contributed by atoms with Crippen LogP contribution in [0, 0.1) is 11.8 Å². The number of hydrogen-bond donors (Lipinski definition) is 0. The summed E-state index contributed by atoms with van der Waals surface area (Å²) in [6.45, 7) is 17.6. The maximum atomic E-state index is 13.6. The highest BCUT2D eigenvalue weighted by Crippen LogP contribution is 2.45. The Morgan fingerprint density at radius 2 is 1.54 bits per heavy atom. The highest BCUT2D eigenvalue weighted by molar-refractivity contribution is 6.99. The topological polar surface area (TPSA) is 57.2 Å². The second kappa shape index (κ2) is 17.2. The number of carbonyl (C=O) groups excluding carboxylic acids is 1. The Kier molecular flexibility index (Phi) is 13.8. The summed E-state index contributed by atoms with van der Waals surface area (Å²) in [4.78, 5) is 15.6. The predicted octanol–water partition coefficient (Wildman–Crippen LogP) is 9.10. The van der Waals surface area contributed by atoms with Crippen LogP contribution in [0.4, 0.5) is 4.79 Å². The summed E-state index contributed by atoms with van der Waals surface area (Å²) >= 11 is 0. The molecular formula is C41H65NO5Si. The zero-order valence-electron chi connectivity index (χ0n) is 31.5. The Balaban J connectivity index is 1.49. The lowest BCUT2D eigenvalue weighted by atomic mass is 9.68. The number of piperidine rings is 1. The van der Waals surface area contributed by atoms with E-state index in [1.165, 1.54) is 29.6 Å². The number of carbonyl (C=O) groups is 1. The molecule has 1 heterocycles. The van der Waals surface area contributed by atoms with Crippen molar-refractivity contribution in [3.05, 3.63) is 60.7 Å². The Hall–Kier alpha value is -2.19. The third-order valence-electron chi connectivity index (χ3n) is 10.7. The van der Waals surface area contributed by atoms with E-state index in [0.29, 0.717) is 11.8 Å². The molecule has 1 aliphatic carbocycles. The van der Waals surface area contributed by atoms with Gasteiger partial charge < -0.3 is 18.6 Å². The fourth-order valence-corrected chi connectivity index (χ4v) is 13.4. The van der Waals surface area contributed by atoms with Crippen LogP contribution in [0.5, 0.6) is 0 Å². The van der Waals surface area contributed by atoms with Gasteiger partial charge in [-0.15, -0.1) is 0 Å². The van der Waals surface area contributed by atoms with Gasteiger partial charge in [-0.25, -0.2) is 4.79 Å².